The van der Waals surface area contributed by atoms with E-state index in [2.05, 4.69) is 0 Å². The van der Waals surface area contributed by atoms with Gasteiger partial charge in [0.15, 0.2) is 6.61 Å². The Hall–Kier alpha value is -2.24. The van der Waals surface area contributed by atoms with Gasteiger partial charge < -0.3 is 19.8 Å². The van der Waals surface area contributed by atoms with Crippen LogP contribution in [0.3, 0.4) is 0 Å². The number of likely N-dealkylation sites (tertiary alicyclic amines) is 1. The van der Waals surface area contributed by atoms with Crippen LogP contribution in [-0.2, 0) is 9.59 Å². The highest BCUT2D eigenvalue weighted by Gasteiger charge is 2.30. The molecule has 0 radical (unpaired) electrons. The summed E-state index contributed by atoms with van der Waals surface area (Å²) in [6, 6.07) is 6.06. The number of hydrogen-bond donors (Lipinski definition) is 2. The van der Waals surface area contributed by atoms with Gasteiger partial charge in [-0.15, -0.1) is 0 Å². The quantitative estimate of drug-likeness (QED) is 0.837. The second kappa shape index (κ2) is 5.60. The van der Waals surface area contributed by atoms with Crippen molar-refractivity contribution >= 4 is 11.9 Å². The van der Waals surface area contributed by atoms with E-state index in [0.29, 0.717) is 18.7 Å². The molecule has 0 spiro atoms. The average molecular weight is 265 g/mol. The van der Waals surface area contributed by atoms with Crippen molar-refractivity contribution in [3.05, 3.63) is 24.3 Å². The minimum Gasteiger partial charge on any atom is -0.508 e. The van der Waals surface area contributed by atoms with Gasteiger partial charge in [-0.1, -0.05) is 0 Å². The summed E-state index contributed by atoms with van der Waals surface area (Å²) in [5.74, 6) is -0.952. The fourth-order valence-corrected chi connectivity index (χ4v) is 1.97. The first-order valence-electron chi connectivity index (χ1n) is 5.98. The number of amides is 1. The monoisotopic (exact) mass is 265 g/mol. The summed E-state index contributed by atoms with van der Waals surface area (Å²) in [4.78, 5) is 24.1. The van der Waals surface area contributed by atoms with Crippen molar-refractivity contribution in [2.24, 2.45) is 5.92 Å². The normalized spacial score (nSPS) is 18.3. The molecule has 2 rings (SSSR count). The van der Waals surface area contributed by atoms with Crippen LogP contribution >= 0.6 is 0 Å². The number of aromatic hydroxyl groups is 1. The Balaban J connectivity index is 1.82. The molecular weight excluding hydrogens is 250 g/mol. The van der Waals surface area contributed by atoms with E-state index in [1.165, 1.54) is 17.0 Å². The average Bonchev–Trinajstić information content (AvgIpc) is 2.87. The van der Waals surface area contributed by atoms with Crippen molar-refractivity contribution in [2.75, 3.05) is 19.7 Å². The Bertz CT molecular complexity index is 470. The van der Waals surface area contributed by atoms with Crippen molar-refractivity contribution in [3.8, 4) is 11.5 Å². The molecule has 0 aliphatic carbocycles. The van der Waals surface area contributed by atoms with Gasteiger partial charge in [0.25, 0.3) is 5.91 Å². The molecule has 102 valence electrons. The van der Waals surface area contributed by atoms with E-state index in [1.54, 1.807) is 12.1 Å². The molecule has 1 heterocycles. The van der Waals surface area contributed by atoms with E-state index in [9.17, 15) is 9.59 Å². The van der Waals surface area contributed by atoms with Crippen LogP contribution in [0.5, 0.6) is 11.5 Å². The number of carbonyl (C=O) groups is 2. The third kappa shape index (κ3) is 3.37. The van der Waals surface area contributed by atoms with Crippen LogP contribution in [0, 0.1) is 5.92 Å². The van der Waals surface area contributed by atoms with Crippen LogP contribution in [-0.4, -0.2) is 46.7 Å². The largest absolute Gasteiger partial charge is 0.508 e. The highest BCUT2D eigenvalue weighted by atomic mass is 16.5. The maximum absolute atomic E-state index is 11.8. The highest BCUT2D eigenvalue weighted by molar-refractivity contribution is 5.80. The van der Waals surface area contributed by atoms with Crippen LogP contribution < -0.4 is 4.74 Å². The molecule has 1 unspecified atom stereocenters. The van der Waals surface area contributed by atoms with Crippen molar-refractivity contribution in [3.63, 3.8) is 0 Å². The van der Waals surface area contributed by atoms with Crippen molar-refractivity contribution in [1.29, 1.82) is 0 Å². The first kappa shape index (κ1) is 13.2. The maximum atomic E-state index is 11.8. The molecule has 6 heteroatoms. The van der Waals surface area contributed by atoms with Crippen LogP contribution in [0.4, 0.5) is 0 Å². The van der Waals surface area contributed by atoms with Gasteiger partial charge in [-0.3, -0.25) is 9.59 Å². The van der Waals surface area contributed by atoms with Gasteiger partial charge >= 0.3 is 5.97 Å². The minimum atomic E-state index is -0.866. The Kier molecular flexibility index (Phi) is 3.89. The molecule has 0 bridgehead atoms. The highest BCUT2D eigenvalue weighted by Crippen LogP contribution is 2.18. The molecule has 1 saturated heterocycles. The van der Waals surface area contributed by atoms with Crippen molar-refractivity contribution < 1.29 is 24.5 Å². The third-order valence-electron chi connectivity index (χ3n) is 3.09. The molecule has 1 fully saturated rings. The number of phenolic OH excluding ortho intramolecular Hbond substituents is 1. The molecule has 6 nitrogen and oxygen atoms in total. The molecule has 1 aromatic carbocycles. The number of ether oxygens (including phenoxy) is 1. The number of aliphatic carboxylic acids is 1. The third-order valence-corrected chi connectivity index (χ3v) is 3.09. The molecule has 1 aromatic rings. The zero-order chi connectivity index (χ0) is 13.8. The number of benzene rings is 1. The lowest BCUT2D eigenvalue weighted by Crippen LogP contribution is -2.33. The van der Waals surface area contributed by atoms with E-state index in [-0.39, 0.29) is 24.8 Å². The standard InChI is InChI=1S/C13H15NO5/c15-10-1-3-11(4-2-10)19-8-12(16)14-6-5-9(7-14)13(17)18/h1-4,9,15H,5-8H2,(H,17,18). The Morgan fingerprint density at radius 2 is 2.00 bits per heavy atom. The molecule has 0 aromatic heterocycles. The number of carbonyl (C=O) groups excluding carboxylic acids is 1. The first-order valence-corrected chi connectivity index (χ1v) is 5.98. The fourth-order valence-electron chi connectivity index (χ4n) is 1.97. The zero-order valence-electron chi connectivity index (χ0n) is 10.3. The van der Waals surface area contributed by atoms with Crippen LogP contribution in [0.1, 0.15) is 6.42 Å². The van der Waals surface area contributed by atoms with Gasteiger partial charge in [-0.05, 0) is 30.7 Å². The summed E-state index contributed by atoms with van der Waals surface area (Å²) in [6.07, 6.45) is 0.486. The fraction of sp³-hybridized carbons (Fsp3) is 0.385. The number of rotatable bonds is 4. The van der Waals surface area contributed by atoms with E-state index < -0.39 is 11.9 Å². The second-order valence-electron chi connectivity index (χ2n) is 4.45. The Morgan fingerprint density at radius 3 is 2.58 bits per heavy atom. The predicted octanol–water partition coefficient (Wildman–Crippen LogP) is 0.704. The summed E-state index contributed by atoms with van der Waals surface area (Å²) in [5.41, 5.74) is 0. The molecule has 1 amide bonds. The Morgan fingerprint density at radius 1 is 1.32 bits per heavy atom. The van der Waals surface area contributed by atoms with E-state index >= 15 is 0 Å². The maximum Gasteiger partial charge on any atom is 0.308 e. The summed E-state index contributed by atoms with van der Waals surface area (Å²) in [5, 5.41) is 18.0. The first-order chi connectivity index (χ1) is 9.06. The van der Waals surface area contributed by atoms with Gasteiger partial charge in [-0.2, -0.15) is 0 Å². The minimum absolute atomic E-state index is 0.127. The van der Waals surface area contributed by atoms with Gasteiger partial charge in [0.1, 0.15) is 11.5 Å². The number of nitrogens with zero attached hydrogens (tertiary/aromatic N) is 1. The van der Waals surface area contributed by atoms with Crippen LogP contribution in [0.15, 0.2) is 24.3 Å². The molecule has 19 heavy (non-hydrogen) atoms. The van der Waals surface area contributed by atoms with E-state index in [4.69, 9.17) is 14.9 Å². The summed E-state index contributed by atoms with van der Waals surface area (Å²) >= 11 is 0. The summed E-state index contributed by atoms with van der Waals surface area (Å²) in [6.45, 7) is 0.568. The van der Waals surface area contributed by atoms with Crippen LogP contribution in [0.2, 0.25) is 0 Å². The van der Waals surface area contributed by atoms with Gasteiger partial charge in [-0.25, -0.2) is 0 Å². The topological polar surface area (TPSA) is 87.1 Å². The molecule has 0 saturated carbocycles. The number of hydrogen-bond acceptors (Lipinski definition) is 4. The SMILES string of the molecule is O=C(O)C1CCN(C(=O)COc2ccc(O)cc2)C1. The lowest BCUT2D eigenvalue weighted by Gasteiger charge is -2.16. The number of carboxylic acids is 1. The molecular formula is C13H15NO5. The lowest BCUT2D eigenvalue weighted by atomic mass is 10.1. The zero-order valence-corrected chi connectivity index (χ0v) is 10.3. The molecule has 1 aliphatic heterocycles. The lowest BCUT2D eigenvalue weighted by molar-refractivity contribution is -0.141. The smallest absolute Gasteiger partial charge is 0.308 e. The summed E-state index contributed by atoms with van der Waals surface area (Å²) < 4.78 is 5.28. The Labute approximate surface area is 110 Å². The van der Waals surface area contributed by atoms with Gasteiger partial charge in [0.2, 0.25) is 0 Å². The molecule has 1 atom stereocenters. The molecule has 2 N–H and O–H groups in total. The van der Waals surface area contributed by atoms with E-state index in [1.807, 2.05) is 0 Å². The number of carboxylic acid groups (broad SMARTS) is 1. The van der Waals surface area contributed by atoms with Crippen molar-refractivity contribution in [2.45, 2.75) is 6.42 Å². The van der Waals surface area contributed by atoms with Gasteiger partial charge in [0, 0.05) is 13.1 Å². The van der Waals surface area contributed by atoms with E-state index in [0.717, 1.165) is 0 Å². The number of phenols is 1. The second-order valence-corrected chi connectivity index (χ2v) is 4.45. The molecule has 1 aliphatic rings. The predicted molar refractivity (Wildman–Crippen MR) is 65.9 cm³/mol. The summed E-state index contributed by atoms with van der Waals surface area (Å²) in [7, 11) is 0. The van der Waals surface area contributed by atoms with Crippen molar-refractivity contribution in [1.82, 2.24) is 4.90 Å². The van der Waals surface area contributed by atoms with Gasteiger partial charge in [0.05, 0.1) is 5.92 Å². The van der Waals surface area contributed by atoms with Crippen LogP contribution in [0.25, 0.3) is 0 Å².